The summed E-state index contributed by atoms with van der Waals surface area (Å²) in [7, 11) is 3.89. The number of hydrogen-bond donors (Lipinski definition) is 0. The fourth-order valence-electron chi connectivity index (χ4n) is 4.01. The van der Waals surface area contributed by atoms with E-state index >= 15 is 0 Å². The van der Waals surface area contributed by atoms with E-state index in [1.165, 1.54) is 30.4 Å². The summed E-state index contributed by atoms with van der Waals surface area (Å²) in [5.74, 6) is 1.03. The van der Waals surface area contributed by atoms with Gasteiger partial charge in [-0.05, 0) is 44.7 Å². The molecule has 2 aliphatic rings. The number of piperidine rings is 1. The molecule has 0 aromatic heterocycles. The molecule has 1 aromatic rings. The Bertz CT molecular complexity index is 482. The van der Waals surface area contributed by atoms with E-state index in [0.29, 0.717) is 17.9 Å². The summed E-state index contributed by atoms with van der Waals surface area (Å²) in [5, 5.41) is 4.09. The molecule has 0 N–H and O–H groups in total. The summed E-state index contributed by atoms with van der Waals surface area (Å²) in [5.41, 5.74) is 2.78. The Hall–Kier alpha value is -1.35. The predicted octanol–water partition coefficient (Wildman–Crippen LogP) is 3.19. The molecule has 2 saturated heterocycles. The third-order valence-electron chi connectivity index (χ3n) is 5.17. The lowest BCUT2D eigenvalue weighted by molar-refractivity contribution is 0.131. The van der Waals surface area contributed by atoms with Crippen molar-refractivity contribution in [1.82, 2.24) is 4.90 Å². The van der Waals surface area contributed by atoms with Crippen molar-refractivity contribution in [2.75, 3.05) is 14.2 Å². The molecular formula is C17H24N2O. The predicted molar refractivity (Wildman–Crippen MR) is 82.1 cm³/mol. The minimum Gasteiger partial charge on any atom is -0.399 e. The lowest BCUT2D eigenvalue weighted by Crippen LogP contribution is -2.46. The summed E-state index contributed by atoms with van der Waals surface area (Å²) < 4.78 is 0. The van der Waals surface area contributed by atoms with Gasteiger partial charge in [0.05, 0.1) is 0 Å². The molecule has 2 heterocycles. The highest BCUT2D eigenvalue weighted by molar-refractivity contribution is 5.64. The van der Waals surface area contributed by atoms with Crippen LogP contribution in [0.15, 0.2) is 29.4 Å². The fourth-order valence-corrected chi connectivity index (χ4v) is 4.01. The second kappa shape index (κ2) is 5.57. The van der Waals surface area contributed by atoms with Crippen LogP contribution in [0.4, 0.5) is 0 Å². The number of benzene rings is 1. The maximum atomic E-state index is 4.94. The van der Waals surface area contributed by atoms with Gasteiger partial charge in [-0.2, -0.15) is 0 Å². The first-order chi connectivity index (χ1) is 9.70. The van der Waals surface area contributed by atoms with E-state index in [4.69, 9.17) is 4.84 Å². The van der Waals surface area contributed by atoms with E-state index < -0.39 is 0 Å². The number of fused-ring (bicyclic) bond motifs is 2. The Balaban J connectivity index is 1.91. The van der Waals surface area contributed by atoms with Crippen LogP contribution in [-0.2, 0) is 4.84 Å². The Labute approximate surface area is 121 Å². The van der Waals surface area contributed by atoms with Gasteiger partial charge in [0.15, 0.2) is 0 Å². The van der Waals surface area contributed by atoms with Crippen molar-refractivity contribution < 1.29 is 4.84 Å². The monoisotopic (exact) mass is 272 g/mol. The quantitative estimate of drug-likeness (QED) is 0.623. The second-order valence-corrected chi connectivity index (χ2v) is 6.23. The summed E-state index contributed by atoms with van der Waals surface area (Å²) in [6, 6.07) is 10.4. The van der Waals surface area contributed by atoms with Gasteiger partial charge in [-0.1, -0.05) is 35.0 Å². The molecule has 3 rings (SSSR count). The van der Waals surface area contributed by atoms with Gasteiger partial charge in [0.25, 0.3) is 0 Å². The Morgan fingerprint density at radius 1 is 1.25 bits per heavy atom. The van der Waals surface area contributed by atoms with Crippen molar-refractivity contribution >= 4 is 6.21 Å². The van der Waals surface area contributed by atoms with Crippen LogP contribution in [0.3, 0.4) is 0 Å². The first kappa shape index (κ1) is 13.6. The minimum atomic E-state index is 0.460. The van der Waals surface area contributed by atoms with Crippen LogP contribution < -0.4 is 0 Å². The van der Waals surface area contributed by atoms with Gasteiger partial charge in [0, 0.05) is 24.2 Å². The van der Waals surface area contributed by atoms with E-state index in [0.717, 1.165) is 6.04 Å². The average Bonchev–Trinajstić information content (AvgIpc) is 2.71. The first-order valence-electron chi connectivity index (χ1n) is 7.56. The third kappa shape index (κ3) is 2.35. The molecule has 2 aliphatic heterocycles. The number of aryl methyl sites for hydroxylation is 1. The molecule has 4 atom stereocenters. The molecule has 1 aromatic carbocycles. The zero-order chi connectivity index (χ0) is 14.1. The van der Waals surface area contributed by atoms with E-state index in [1.807, 2.05) is 6.21 Å². The van der Waals surface area contributed by atoms with Crippen LogP contribution in [0.5, 0.6) is 0 Å². The molecular weight excluding hydrogens is 248 g/mol. The molecule has 3 unspecified atom stereocenters. The fraction of sp³-hybridized carbons (Fsp3) is 0.588. The number of nitrogens with zero attached hydrogens (tertiary/aromatic N) is 2. The number of rotatable bonds is 3. The van der Waals surface area contributed by atoms with Gasteiger partial charge in [-0.3, -0.25) is 4.90 Å². The van der Waals surface area contributed by atoms with Crippen molar-refractivity contribution in [3.05, 3.63) is 35.4 Å². The van der Waals surface area contributed by atoms with Crippen molar-refractivity contribution in [1.29, 1.82) is 0 Å². The highest BCUT2D eigenvalue weighted by Gasteiger charge is 2.45. The number of hydrogen-bond acceptors (Lipinski definition) is 3. The highest BCUT2D eigenvalue weighted by atomic mass is 16.6. The van der Waals surface area contributed by atoms with E-state index in [-0.39, 0.29) is 0 Å². The van der Waals surface area contributed by atoms with Gasteiger partial charge in [0.1, 0.15) is 7.11 Å². The number of oxime groups is 1. The van der Waals surface area contributed by atoms with Gasteiger partial charge < -0.3 is 4.84 Å². The van der Waals surface area contributed by atoms with Gasteiger partial charge in [-0.25, -0.2) is 0 Å². The van der Waals surface area contributed by atoms with Crippen molar-refractivity contribution in [2.24, 2.45) is 11.1 Å². The van der Waals surface area contributed by atoms with E-state index in [2.05, 4.69) is 48.3 Å². The second-order valence-electron chi connectivity index (χ2n) is 6.23. The van der Waals surface area contributed by atoms with Crippen LogP contribution in [-0.4, -0.2) is 37.4 Å². The van der Waals surface area contributed by atoms with Crippen molar-refractivity contribution in [3.8, 4) is 0 Å². The Kier molecular flexibility index (Phi) is 3.79. The van der Waals surface area contributed by atoms with Gasteiger partial charge in [-0.15, -0.1) is 0 Å². The van der Waals surface area contributed by atoms with Crippen LogP contribution in [0.25, 0.3) is 0 Å². The molecule has 0 saturated carbocycles. The average molecular weight is 272 g/mol. The zero-order valence-electron chi connectivity index (χ0n) is 12.6. The van der Waals surface area contributed by atoms with Crippen molar-refractivity contribution in [2.45, 2.75) is 44.2 Å². The van der Waals surface area contributed by atoms with Crippen molar-refractivity contribution in [3.63, 3.8) is 0 Å². The smallest absolute Gasteiger partial charge is 0.106 e. The van der Waals surface area contributed by atoms with Gasteiger partial charge >= 0.3 is 0 Å². The van der Waals surface area contributed by atoms with Gasteiger partial charge in [0.2, 0.25) is 0 Å². The minimum absolute atomic E-state index is 0.460. The normalized spacial score (nSPS) is 33.8. The summed E-state index contributed by atoms with van der Waals surface area (Å²) in [6.45, 7) is 2.14. The summed E-state index contributed by atoms with van der Waals surface area (Å²) in [6.07, 6.45) is 5.87. The van der Waals surface area contributed by atoms with E-state index in [9.17, 15) is 0 Å². The summed E-state index contributed by atoms with van der Waals surface area (Å²) in [4.78, 5) is 7.49. The van der Waals surface area contributed by atoms with E-state index in [1.54, 1.807) is 7.11 Å². The lowest BCUT2D eigenvalue weighted by Gasteiger charge is -2.41. The molecule has 0 amide bonds. The first-order valence-corrected chi connectivity index (χ1v) is 7.56. The summed E-state index contributed by atoms with van der Waals surface area (Å²) >= 11 is 0. The molecule has 108 valence electrons. The molecule has 0 aliphatic carbocycles. The van der Waals surface area contributed by atoms with Crippen LogP contribution in [0, 0.1) is 12.8 Å². The maximum absolute atomic E-state index is 4.94. The topological polar surface area (TPSA) is 24.8 Å². The molecule has 2 fully saturated rings. The molecule has 3 nitrogen and oxygen atoms in total. The molecule has 2 bridgehead atoms. The van der Waals surface area contributed by atoms with Crippen LogP contribution in [0.2, 0.25) is 0 Å². The molecule has 3 heteroatoms. The maximum Gasteiger partial charge on any atom is 0.106 e. The zero-order valence-corrected chi connectivity index (χ0v) is 12.6. The lowest BCUT2D eigenvalue weighted by atomic mass is 9.77. The Morgan fingerprint density at radius 2 is 2.00 bits per heavy atom. The standard InChI is InChI=1S/C17H24N2O/c1-12-4-6-13(7-5-12)15-10-14-8-9-17(19(14)2)16(15)11-18-20-3/h4-7,11,14-17H,8-10H2,1-3H3/b18-11-/t14-,15?,16?,17?/m1/s1. The largest absolute Gasteiger partial charge is 0.399 e. The Morgan fingerprint density at radius 3 is 2.70 bits per heavy atom. The molecule has 0 radical (unpaired) electrons. The highest BCUT2D eigenvalue weighted by Crippen LogP contribution is 2.45. The molecule has 20 heavy (non-hydrogen) atoms. The van der Waals surface area contributed by atoms with Crippen LogP contribution in [0.1, 0.15) is 36.3 Å². The SMILES string of the molecule is CO/N=C\C1C(c2ccc(C)cc2)C[C@H]2CCC1N2C. The molecule has 0 spiro atoms. The van der Waals surface area contributed by atoms with Crippen LogP contribution >= 0.6 is 0 Å². The third-order valence-corrected chi connectivity index (χ3v) is 5.17.